The number of carbonyl (C=O) groups is 1. The zero-order chi connectivity index (χ0) is 15.1. The van der Waals surface area contributed by atoms with E-state index in [0.29, 0.717) is 29.1 Å². The summed E-state index contributed by atoms with van der Waals surface area (Å²) in [6, 6.07) is 0. The highest BCUT2D eigenvalue weighted by atomic mass is 32.1. The van der Waals surface area contributed by atoms with E-state index in [1.54, 1.807) is 10.9 Å². The standard InChI is InChI=1S/C15H18N2O3S/c1-8(2)6-17-7-16-13-12(14(17)18)11-9(15(19)20)4-3-5-10(11)21-13/h7-9H,3-6H2,1-2H3,(H,19,20). The molecule has 1 aliphatic rings. The number of carboxylic acids is 1. The molecule has 112 valence electrons. The van der Waals surface area contributed by atoms with E-state index in [1.165, 1.54) is 11.3 Å². The average Bonchev–Trinajstić information content (AvgIpc) is 2.80. The second-order valence-corrected chi connectivity index (χ2v) is 7.08. The quantitative estimate of drug-likeness (QED) is 0.946. The molecule has 3 rings (SSSR count). The summed E-state index contributed by atoms with van der Waals surface area (Å²) in [5.41, 5.74) is 0.628. The lowest BCUT2D eigenvalue weighted by molar-refractivity contribution is -0.139. The fraction of sp³-hybridized carbons (Fsp3) is 0.533. The fourth-order valence-electron chi connectivity index (χ4n) is 3.03. The van der Waals surface area contributed by atoms with Crippen molar-refractivity contribution in [1.29, 1.82) is 0 Å². The minimum Gasteiger partial charge on any atom is -0.481 e. The Kier molecular flexibility index (Phi) is 3.57. The molecule has 1 N–H and O–H groups in total. The van der Waals surface area contributed by atoms with Gasteiger partial charge >= 0.3 is 5.97 Å². The molecule has 0 saturated heterocycles. The molecule has 6 heteroatoms. The third-order valence-electron chi connectivity index (χ3n) is 3.90. The van der Waals surface area contributed by atoms with E-state index >= 15 is 0 Å². The lowest BCUT2D eigenvalue weighted by Gasteiger charge is -2.19. The highest BCUT2D eigenvalue weighted by molar-refractivity contribution is 7.18. The molecule has 0 bridgehead atoms. The maximum Gasteiger partial charge on any atom is 0.311 e. The lowest BCUT2D eigenvalue weighted by atomic mass is 9.86. The van der Waals surface area contributed by atoms with E-state index in [9.17, 15) is 14.7 Å². The average molecular weight is 306 g/mol. The minimum atomic E-state index is -0.839. The van der Waals surface area contributed by atoms with Gasteiger partial charge in [0.1, 0.15) is 4.83 Å². The molecule has 0 aliphatic heterocycles. The maximum atomic E-state index is 12.7. The van der Waals surface area contributed by atoms with E-state index in [0.717, 1.165) is 23.3 Å². The van der Waals surface area contributed by atoms with Crippen molar-refractivity contribution in [3.05, 3.63) is 27.1 Å². The Balaban J connectivity index is 2.25. The van der Waals surface area contributed by atoms with Crippen molar-refractivity contribution in [2.24, 2.45) is 5.92 Å². The Morgan fingerprint density at radius 3 is 3.00 bits per heavy atom. The number of carboxylic acid groups (broad SMARTS) is 1. The second kappa shape index (κ2) is 5.26. The number of aromatic nitrogens is 2. The van der Waals surface area contributed by atoms with Crippen LogP contribution in [0, 0.1) is 5.92 Å². The van der Waals surface area contributed by atoms with Gasteiger partial charge in [-0.05, 0) is 30.7 Å². The monoisotopic (exact) mass is 306 g/mol. The van der Waals surface area contributed by atoms with E-state index in [4.69, 9.17) is 0 Å². The number of thiophene rings is 1. The summed E-state index contributed by atoms with van der Waals surface area (Å²) >= 11 is 1.47. The lowest BCUT2D eigenvalue weighted by Crippen LogP contribution is -2.25. The zero-order valence-electron chi connectivity index (χ0n) is 12.1. The Bertz CT molecular complexity index is 760. The Hall–Kier alpha value is -1.69. The van der Waals surface area contributed by atoms with Gasteiger partial charge in [-0.25, -0.2) is 4.98 Å². The summed E-state index contributed by atoms with van der Waals surface area (Å²) in [7, 11) is 0. The number of rotatable bonds is 3. The molecule has 0 amide bonds. The van der Waals surface area contributed by atoms with Crippen LogP contribution in [-0.4, -0.2) is 20.6 Å². The topological polar surface area (TPSA) is 72.2 Å². The van der Waals surface area contributed by atoms with Crippen LogP contribution in [0.15, 0.2) is 11.1 Å². The molecular weight excluding hydrogens is 288 g/mol. The minimum absolute atomic E-state index is 0.0978. The number of aliphatic carboxylic acids is 1. The first-order valence-electron chi connectivity index (χ1n) is 7.22. The first kappa shape index (κ1) is 14.3. The molecule has 21 heavy (non-hydrogen) atoms. The van der Waals surface area contributed by atoms with Crippen LogP contribution >= 0.6 is 11.3 Å². The summed E-state index contributed by atoms with van der Waals surface area (Å²) in [4.78, 5) is 30.3. The molecule has 1 aliphatic carbocycles. The van der Waals surface area contributed by atoms with Gasteiger partial charge in [0.05, 0.1) is 17.6 Å². The molecule has 1 atom stereocenters. The van der Waals surface area contributed by atoms with E-state index in [1.807, 2.05) is 13.8 Å². The van der Waals surface area contributed by atoms with Crippen LogP contribution in [0.2, 0.25) is 0 Å². The molecule has 2 heterocycles. The van der Waals surface area contributed by atoms with E-state index in [2.05, 4.69) is 4.98 Å². The molecule has 2 aromatic rings. The molecule has 0 saturated carbocycles. The first-order chi connectivity index (χ1) is 9.99. The van der Waals surface area contributed by atoms with Gasteiger partial charge in [-0.15, -0.1) is 11.3 Å². The summed E-state index contributed by atoms with van der Waals surface area (Å²) in [5.74, 6) is -1.06. The van der Waals surface area contributed by atoms with E-state index < -0.39 is 11.9 Å². The summed E-state index contributed by atoms with van der Waals surface area (Å²) < 4.78 is 1.60. The molecule has 0 radical (unpaired) electrons. The molecule has 2 aromatic heterocycles. The molecule has 0 spiro atoms. The van der Waals surface area contributed by atoms with Crippen LogP contribution < -0.4 is 5.56 Å². The normalized spacial score (nSPS) is 18.1. The van der Waals surface area contributed by atoms with Crippen molar-refractivity contribution in [3.63, 3.8) is 0 Å². The van der Waals surface area contributed by atoms with Gasteiger partial charge in [-0.1, -0.05) is 13.8 Å². The second-order valence-electron chi connectivity index (χ2n) is 6.00. The zero-order valence-corrected chi connectivity index (χ0v) is 12.9. The maximum absolute atomic E-state index is 12.7. The van der Waals surface area contributed by atoms with Gasteiger partial charge in [0.2, 0.25) is 0 Å². The van der Waals surface area contributed by atoms with Gasteiger partial charge in [-0.2, -0.15) is 0 Å². The van der Waals surface area contributed by atoms with Crippen LogP contribution in [0.25, 0.3) is 10.2 Å². The summed E-state index contributed by atoms with van der Waals surface area (Å²) in [6.45, 7) is 4.68. The van der Waals surface area contributed by atoms with Crippen LogP contribution in [-0.2, 0) is 17.8 Å². The van der Waals surface area contributed by atoms with Crippen molar-refractivity contribution < 1.29 is 9.90 Å². The van der Waals surface area contributed by atoms with Crippen molar-refractivity contribution in [3.8, 4) is 0 Å². The van der Waals surface area contributed by atoms with Crippen molar-refractivity contribution in [2.75, 3.05) is 0 Å². The molecule has 0 aromatic carbocycles. The predicted molar refractivity (Wildman–Crippen MR) is 82.0 cm³/mol. The van der Waals surface area contributed by atoms with Gasteiger partial charge in [0, 0.05) is 11.4 Å². The SMILES string of the molecule is CC(C)Cn1cnc2sc3c(c2c1=O)C(C(=O)O)CCC3. The van der Waals surface area contributed by atoms with Gasteiger partial charge in [0.15, 0.2) is 0 Å². The van der Waals surface area contributed by atoms with E-state index in [-0.39, 0.29) is 5.56 Å². The number of aryl methyl sites for hydroxylation is 1. The highest BCUT2D eigenvalue weighted by Gasteiger charge is 2.31. The molecule has 1 unspecified atom stereocenters. The van der Waals surface area contributed by atoms with Crippen molar-refractivity contribution in [2.45, 2.75) is 45.6 Å². The smallest absolute Gasteiger partial charge is 0.311 e. The van der Waals surface area contributed by atoms with Crippen molar-refractivity contribution in [1.82, 2.24) is 9.55 Å². The van der Waals surface area contributed by atoms with Gasteiger partial charge in [0.25, 0.3) is 5.56 Å². The van der Waals surface area contributed by atoms with Crippen LogP contribution in [0.5, 0.6) is 0 Å². The Morgan fingerprint density at radius 1 is 1.57 bits per heavy atom. The third kappa shape index (κ3) is 2.37. The van der Waals surface area contributed by atoms with Crippen LogP contribution in [0.1, 0.15) is 43.0 Å². The number of nitrogens with zero attached hydrogens (tertiary/aromatic N) is 2. The van der Waals surface area contributed by atoms with Gasteiger partial charge < -0.3 is 5.11 Å². The number of fused-ring (bicyclic) bond motifs is 3. The number of hydrogen-bond acceptors (Lipinski definition) is 4. The largest absolute Gasteiger partial charge is 0.481 e. The van der Waals surface area contributed by atoms with Crippen LogP contribution in [0.4, 0.5) is 0 Å². The van der Waals surface area contributed by atoms with Gasteiger partial charge in [-0.3, -0.25) is 14.2 Å². The summed E-state index contributed by atoms with van der Waals surface area (Å²) in [5, 5.41) is 9.98. The van der Waals surface area contributed by atoms with Crippen LogP contribution in [0.3, 0.4) is 0 Å². The third-order valence-corrected chi connectivity index (χ3v) is 5.07. The Labute approximate surface area is 126 Å². The molecule has 5 nitrogen and oxygen atoms in total. The molecular formula is C15H18N2O3S. The summed E-state index contributed by atoms with van der Waals surface area (Å²) in [6.07, 6.45) is 3.90. The highest BCUT2D eigenvalue weighted by Crippen LogP contribution is 2.40. The van der Waals surface area contributed by atoms with Crippen molar-refractivity contribution >= 4 is 27.5 Å². The first-order valence-corrected chi connectivity index (χ1v) is 8.04. The number of hydrogen-bond donors (Lipinski definition) is 1. The Morgan fingerprint density at radius 2 is 2.33 bits per heavy atom. The fourth-order valence-corrected chi connectivity index (χ4v) is 4.26. The molecule has 0 fully saturated rings. The predicted octanol–water partition coefficient (Wildman–Crippen LogP) is 2.62.